The lowest BCUT2D eigenvalue weighted by Gasteiger charge is -2.34. The van der Waals surface area contributed by atoms with Gasteiger partial charge in [0.1, 0.15) is 18.2 Å². The van der Waals surface area contributed by atoms with Crippen LogP contribution in [0.4, 0.5) is 0 Å². The molecular formula is C26H22BrNO3. The van der Waals surface area contributed by atoms with Crippen molar-refractivity contribution in [3.63, 3.8) is 0 Å². The molecule has 2 heterocycles. The minimum atomic E-state index is -0.0801. The summed E-state index contributed by atoms with van der Waals surface area (Å²) in [6, 6.07) is 20.3. The van der Waals surface area contributed by atoms with Crippen LogP contribution < -0.4 is 9.47 Å². The zero-order valence-corrected chi connectivity index (χ0v) is 19.0. The Morgan fingerprint density at radius 1 is 1.10 bits per heavy atom. The maximum Gasteiger partial charge on any atom is 0.232 e. The van der Waals surface area contributed by atoms with Crippen LogP contribution in [0.5, 0.6) is 11.5 Å². The second kappa shape index (κ2) is 7.98. The number of Topliss-reactive ketones (excluding diaryl/α,β-unsaturated/α-hetero) is 1. The number of fused-ring (bicyclic) bond motifs is 3. The monoisotopic (exact) mass is 475 g/mol. The highest BCUT2D eigenvalue weighted by molar-refractivity contribution is 9.10. The van der Waals surface area contributed by atoms with Crippen molar-refractivity contribution in [1.82, 2.24) is 4.90 Å². The molecular weight excluding hydrogens is 454 g/mol. The second-order valence-corrected chi connectivity index (χ2v) is 8.89. The van der Waals surface area contributed by atoms with Gasteiger partial charge in [0.25, 0.3) is 0 Å². The molecule has 0 radical (unpaired) electrons. The maximum absolute atomic E-state index is 13.2. The van der Waals surface area contributed by atoms with Gasteiger partial charge in [0, 0.05) is 17.1 Å². The van der Waals surface area contributed by atoms with E-state index in [1.54, 1.807) is 6.08 Å². The smallest absolute Gasteiger partial charge is 0.232 e. The minimum absolute atomic E-state index is 0.0801. The first kappa shape index (κ1) is 20.0. The summed E-state index contributed by atoms with van der Waals surface area (Å²) >= 11 is 3.48. The maximum atomic E-state index is 13.2. The highest BCUT2D eigenvalue weighted by atomic mass is 79.9. The summed E-state index contributed by atoms with van der Waals surface area (Å²) in [6.07, 6.45) is 1.80. The molecule has 0 aromatic heterocycles. The molecule has 2 aliphatic rings. The van der Waals surface area contributed by atoms with E-state index in [1.807, 2.05) is 55.5 Å². The molecule has 31 heavy (non-hydrogen) atoms. The number of rotatable bonds is 3. The molecule has 0 fully saturated rings. The van der Waals surface area contributed by atoms with Gasteiger partial charge in [-0.15, -0.1) is 0 Å². The number of carbonyl (C=O) groups excluding carboxylic acids is 1. The molecule has 0 amide bonds. The van der Waals surface area contributed by atoms with Crippen LogP contribution in [0.1, 0.15) is 45.6 Å². The SMILES string of the molecule is Cc1cc2c(c3c1C(=O)/C(=C/c1cccc(Br)c1)O3)CN(C(C)c1ccccc1)CO2. The lowest BCUT2D eigenvalue weighted by Crippen LogP contribution is -2.34. The summed E-state index contributed by atoms with van der Waals surface area (Å²) in [5, 5.41) is 0. The van der Waals surface area contributed by atoms with Crippen molar-refractivity contribution in [3.05, 3.63) is 98.7 Å². The van der Waals surface area contributed by atoms with Crippen molar-refractivity contribution >= 4 is 27.8 Å². The van der Waals surface area contributed by atoms with Gasteiger partial charge in [0.05, 0.1) is 11.1 Å². The predicted octanol–water partition coefficient (Wildman–Crippen LogP) is 6.29. The average molecular weight is 476 g/mol. The van der Waals surface area contributed by atoms with E-state index in [4.69, 9.17) is 9.47 Å². The van der Waals surface area contributed by atoms with E-state index >= 15 is 0 Å². The van der Waals surface area contributed by atoms with Gasteiger partial charge in [0.15, 0.2) is 5.76 Å². The molecule has 0 saturated heterocycles. The molecule has 0 N–H and O–H groups in total. The van der Waals surface area contributed by atoms with E-state index < -0.39 is 0 Å². The fraction of sp³-hybridized carbons (Fsp3) is 0.192. The Labute approximate surface area is 190 Å². The number of benzene rings is 3. The third kappa shape index (κ3) is 3.68. The Morgan fingerprint density at radius 3 is 2.68 bits per heavy atom. The first-order valence-corrected chi connectivity index (χ1v) is 11.1. The zero-order chi connectivity index (χ0) is 21.5. The van der Waals surface area contributed by atoms with Crippen LogP contribution in [0.25, 0.3) is 6.08 Å². The summed E-state index contributed by atoms with van der Waals surface area (Å²) in [7, 11) is 0. The largest absolute Gasteiger partial charge is 0.478 e. The Bertz CT molecular complexity index is 1200. The van der Waals surface area contributed by atoms with E-state index in [9.17, 15) is 4.79 Å². The summed E-state index contributed by atoms with van der Waals surface area (Å²) in [4.78, 5) is 15.4. The molecule has 5 heteroatoms. The third-order valence-corrected chi connectivity index (χ3v) is 6.42. The van der Waals surface area contributed by atoms with Crippen LogP contribution in [0.15, 0.2) is 70.9 Å². The quantitative estimate of drug-likeness (QED) is 0.417. The minimum Gasteiger partial charge on any atom is -0.478 e. The highest BCUT2D eigenvalue weighted by Crippen LogP contribution is 2.45. The van der Waals surface area contributed by atoms with Crippen LogP contribution in [-0.2, 0) is 6.54 Å². The number of nitrogens with zero attached hydrogens (tertiary/aromatic N) is 1. The lowest BCUT2D eigenvalue weighted by atomic mass is 9.98. The lowest BCUT2D eigenvalue weighted by molar-refractivity contribution is 0.0605. The zero-order valence-electron chi connectivity index (χ0n) is 17.4. The number of hydrogen-bond acceptors (Lipinski definition) is 4. The molecule has 1 unspecified atom stereocenters. The molecule has 0 spiro atoms. The Balaban J connectivity index is 1.50. The van der Waals surface area contributed by atoms with E-state index in [2.05, 4.69) is 39.9 Å². The molecule has 156 valence electrons. The Hall–Kier alpha value is -2.89. The first-order valence-electron chi connectivity index (χ1n) is 10.3. The third-order valence-electron chi connectivity index (χ3n) is 5.93. The number of allylic oxidation sites excluding steroid dienone is 1. The van der Waals surface area contributed by atoms with E-state index in [-0.39, 0.29) is 11.8 Å². The van der Waals surface area contributed by atoms with Crippen molar-refractivity contribution in [2.24, 2.45) is 0 Å². The van der Waals surface area contributed by atoms with E-state index in [0.29, 0.717) is 30.3 Å². The number of hydrogen-bond donors (Lipinski definition) is 0. The van der Waals surface area contributed by atoms with Gasteiger partial charge in [-0.3, -0.25) is 9.69 Å². The standard InChI is InChI=1S/C26H22BrNO3/c1-16-11-22-21(14-28(15-30-22)17(2)19-8-4-3-5-9-19)26-24(16)25(29)23(31-26)13-18-7-6-10-20(27)12-18/h3-13,17H,14-15H2,1-2H3/b23-13-. The molecule has 0 bridgehead atoms. The second-order valence-electron chi connectivity index (χ2n) is 7.98. The van der Waals surface area contributed by atoms with Crippen molar-refractivity contribution in [1.29, 1.82) is 0 Å². The highest BCUT2D eigenvalue weighted by Gasteiger charge is 2.36. The van der Waals surface area contributed by atoms with Crippen molar-refractivity contribution < 1.29 is 14.3 Å². The van der Waals surface area contributed by atoms with Crippen molar-refractivity contribution in [2.45, 2.75) is 26.4 Å². The number of aryl methyl sites for hydroxylation is 1. The van der Waals surface area contributed by atoms with Crippen molar-refractivity contribution in [3.8, 4) is 11.5 Å². The topological polar surface area (TPSA) is 38.8 Å². The fourth-order valence-corrected chi connectivity index (χ4v) is 4.60. The predicted molar refractivity (Wildman–Crippen MR) is 124 cm³/mol. The van der Waals surface area contributed by atoms with E-state index in [1.165, 1.54) is 5.56 Å². The van der Waals surface area contributed by atoms with Gasteiger partial charge in [0.2, 0.25) is 5.78 Å². The molecule has 0 saturated carbocycles. The Morgan fingerprint density at radius 2 is 1.90 bits per heavy atom. The molecule has 0 aliphatic carbocycles. The van der Waals surface area contributed by atoms with Crippen LogP contribution in [0.3, 0.4) is 0 Å². The van der Waals surface area contributed by atoms with Gasteiger partial charge in [-0.1, -0.05) is 58.4 Å². The summed E-state index contributed by atoms with van der Waals surface area (Å²) in [5.41, 5.74) is 4.58. The van der Waals surface area contributed by atoms with E-state index in [0.717, 1.165) is 26.9 Å². The van der Waals surface area contributed by atoms with Crippen LogP contribution in [0, 0.1) is 6.92 Å². The molecule has 1 atom stereocenters. The van der Waals surface area contributed by atoms with Crippen LogP contribution >= 0.6 is 15.9 Å². The van der Waals surface area contributed by atoms with Gasteiger partial charge >= 0.3 is 0 Å². The number of carbonyl (C=O) groups is 1. The van der Waals surface area contributed by atoms with Crippen LogP contribution in [0.2, 0.25) is 0 Å². The van der Waals surface area contributed by atoms with Crippen LogP contribution in [-0.4, -0.2) is 17.4 Å². The summed E-state index contributed by atoms with van der Waals surface area (Å²) < 4.78 is 13.2. The number of halogens is 1. The summed E-state index contributed by atoms with van der Waals surface area (Å²) in [6.45, 7) is 5.26. The molecule has 2 aliphatic heterocycles. The average Bonchev–Trinajstić information content (AvgIpc) is 3.10. The molecule has 3 aromatic carbocycles. The fourth-order valence-electron chi connectivity index (χ4n) is 4.19. The molecule has 4 nitrogen and oxygen atoms in total. The van der Waals surface area contributed by atoms with Crippen molar-refractivity contribution in [2.75, 3.05) is 6.73 Å². The Kier molecular flexibility index (Phi) is 5.16. The number of ketones is 1. The number of ether oxygens (including phenoxy) is 2. The first-order chi connectivity index (χ1) is 15.0. The normalized spacial score (nSPS) is 17.6. The molecule has 5 rings (SSSR count). The van der Waals surface area contributed by atoms with Gasteiger partial charge < -0.3 is 9.47 Å². The van der Waals surface area contributed by atoms with Gasteiger partial charge in [-0.25, -0.2) is 0 Å². The molecule has 3 aromatic rings. The van der Waals surface area contributed by atoms with Gasteiger partial charge in [-0.05, 0) is 54.8 Å². The summed E-state index contributed by atoms with van der Waals surface area (Å²) in [5.74, 6) is 1.69. The van der Waals surface area contributed by atoms with Gasteiger partial charge in [-0.2, -0.15) is 0 Å².